The van der Waals surface area contributed by atoms with Gasteiger partial charge < -0.3 is 0 Å². The summed E-state index contributed by atoms with van der Waals surface area (Å²) in [5.74, 6) is 0.559. The highest BCUT2D eigenvalue weighted by Crippen LogP contribution is 2.49. The van der Waals surface area contributed by atoms with Gasteiger partial charge in [0.05, 0.1) is 11.5 Å². The van der Waals surface area contributed by atoms with Crippen LogP contribution in [0.1, 0.15) is 59.8 Å². The fourth-order valence-electron chi connectivity index (χ4n) is 2.48. The van der Waals surface area contributed by atoms with E-state index >= 15 is 0 Å². The topological polar surface area (TPSA) is 23.8 Å². The highest BCUT2D eigenvalue weighted by atomic mass is 14.5. The second-order valence-corrected chi connectivity index (χ2v) is 5.74. The molecule has 1 saturated carbocycles. The first-order chi connectivity index (χ1) is 6.46. The fraction of sp³-hybridized carbons (Fsp3) is 0.923. The average molecular weight is 193 g/mol. The zero-order chi connectivity index (χ0) is 10.8. The molecule has 1 aliphatic rings. The molecule has 0 amide bonds. The molecule has 1 rings (SSSR count). The van der Waals surface area contributed by atoms with Crippen molar-refractivity contribution in [2.24, 2.45) is 16.7 Å². The summed E-state index contributed by atoms with van der Waals surface area (Å²) >= 11 is 0. The quantitative estimate of drug-likeness (QED) is 0.646. The van der Waals surface area contributed by atoms with Crippen LogP contribution in [0.15, 0.2) is 0 Å². The molecule has 0 saturated heterocycles. The number of nitriles is 1. The molecule has 0 heterocycles. The second kappa shape index (κ2) is 3.93. The SMILES string of the molecule is CCC(C)C1(C#N)CCC(C)(C)CC1. The summed E-state index contributed by atoms with van der Waals surface area (Å²) in [4.78, 5) is 0. The van der Waals surface area contributed by atoms with Crippen LogP contribution in [0.4, 0.5) is 0 Å². The van der Waals surface area contributed by atoms with Gasteiger partial charge in [-0.1, -0.05) is 34.1 Å². The van der Waals surface area contributed by atoms with Gasteiger partial charge in [0.15, 0.2) is 0 Å². The molecular formula is C13H23N. The van der Waals surface area contributed by atoms with Gasteiger partial charge in [0.1, 0.15) is 0 Å². The zero-order valence-corrected chi connectivity index (χ0v) is 10.1. The Balaban J connectivity index is 2.72. The molecule has 1 atom stereocenters. The maximum absolute atomic E-state index is 9.36. The largest absolute Gasteiger partial charge is 0.198 e. The standard InChI is InChI=1S/C13H23N/c1-5-11(2)13(10-14)8-6-12(3,4)7-9-13/h11H,5-9H2,1-4H3. The highest BCUT2D eigenvalue weighted by molar-refractivity contribution is 5.05. The van der Waals surface area contributed by atoms with Gasteiger partial charge in [0, 0.05) is 0 Å². The van der Waals surface area contributed by atoms with Crippen molar-refractivity contribution in [2.75, 3.05) is 0 Å². The smallest absolute Gasteiger partial charge is 0.0692 e. The minimum atomic E-state index is -0.00965. The lowest BCUT2D eigenvalue weighted by Gasteiger charge is -2.42. The predicted molar refractivity (Wildman–Crippen MR) is 59.8 cm³/mol. The summed E-state index contributed by atoms with van der Waals surface area (Å²) in [6.07, 6.45) is 5.76. The molecule has 0 spiro atoms. The highest BCUT2D eigenvalue weighted by Gasteiger charge is 2.41. The van der Waals surface area contributed by atoms with Crippen LogP contribution in [-0.2, 0) is 0 Å². The Kier molecular flexibility index (Phi) is 3.24. The summed E-state index contributed by atoms with van der Waals surface area (Å²) in [6.45, 7) is 9.08. The molecular weight excluding hydrogens is 170 g/mol. The van der Waals surface area contributed by atoms with Crippen molar-refractivity contribution >= 4 is 0 Å². The first kappa shape index (κ1) is 11.6. The molecule has 0 bridgehead atoms. The Bertz CT molecular complexity index is 224. The van der Waals surface area contributed by atoms with Crippen LogP contribution in [0.2, 0.25) is 0 Å². The van der Waals surface area contributed by atoms with E-state index in [1.54, 1.807) is 0 Å². The molecule has 0 aromatic rings. The molecule has 1 nitrogen and oxygen atoms in total. The van der Waals surface area contributed by atoms with Gasteiger partial charge in [0.2, 0.25) is 0 Å². The molecule has 14 heavy (non-hydrogen) atoms. The molecule has 80 valence electrons. The van der Waals surface area contributed by atoms with Crippen molar-refractivity contribution in [3.63, 3.8) is 0 Å². The number of nitrogens with zero attached hydrogens (tertiary/aromatic N) is 1. The molecule has 0 aromatic carbocycles. The van der Waals surface area contributed by atoms with Crippen molar-refractivity contribution in [3.8, 4) is 6.07 Å². The van der Waals surface area contributed by atoms with E-state index in [0.29, 0.717) is 11.3 Å². The van der Waals surface area contributed by atoms with Crippen LogP contribution >= 0.6 is 0 Å². The van der Waals surface area contributed by atoms with E-state index in [1.165, 1.54) is 12.8 Å². The van der Waals surface area contributed by atoms with E-state index in [4.69, 9.17) is 0 Å². The number of hydrogen-bond donors (Lipinski definition) is 0. The summed E-state index contributed by atoms with van der Waals surface area (Å²) in [5.41, 5.74) is 0.456. The van der Waals surface area contributed by atoms with Crippen molar-refractivity contribution in [1.82, 2.24) is 0 Å². The Hall–Kier alpha value is -0.510. The Morgan fingerprint density at radius 3 is 2.07 bits per heavy atom. The van der Waals surface area contributed by atoms with Gasteiger partial charge in [-0.05, 0) is 37.0 Å². The van der Waals surface area contributed by atoms with E-state index in [0.717, 1.165) is 19.3 Å². The fourth-order valence-corrected chi connectivity index (χ4v) is 2.48. The number of hydrogen-bond acceptors (Lipinski definition) is 1. The summed E-state index contributed by atoms with van der Waals surface area (Å²) < 4.78 is 0. The number of rotatable bonds is 2. The van der Waals surface area contributed by atoms with Gasteiger partial charge >= 0.3 is 0 Å². The Morgan fingerprint density at radius 2 is 1.71 bits per heavy atom. The van der Waals surface area contributed by atoms with Crippen LogP contribution in [0.5, 0.6) is 0 Å². The summed E-state index contributed by atoms with van der Waals surface area (Å²) in [5, 5.41) is 9.36. The van der Waals surface area contributed by atoms with Crippen molar-refractivity contribution in [1.29, 1.82) is 5.26 Å². The lowest BCUT2D eigenvalue weighted by Crippen LogP contribution is -2.34. The molecule has 1 unspecified atom stereocenters. The summed E-state index contributed by atoms with van der Waals surface area (Å²) in [7, 11) is 0. The zero-order valence-electron chi connectivity index (χ0n) is 10.1. The molecule has 0 aliphatic heterocycles. The third kappa shape index (κ3) is 2.11. The molecule has 1 aliphatic carbocycles. The average Bonchev–Trinajstić information content (AvgIpc) is 2.18. The second-order valence-electron chi connectivity index (χ2n) is 5.74. The van der Waals surface area contributed by atoms with Gasteiger partial charge in [-0.15, -0.1) is 0 Å². The Labute approximate surface area is 88.5 Å². The molecule has 0 radical (unpaired) electrons. The lowest BCUT2D eigenvalue weighted by atomic mass is 9.60. The van der Waals surface area contributed by atoms with Crippen LogP contribution < -0.4 is 0 Å². The van der Waals surface area contributed by atoms with E-state index < -0.39 is 0 Å². The monoisotopic (exact) mass is 193 g/mol. The Morgan fingerprint density at radius 1 is 1.21 bits per heavy atom. The minimum Gasteiger partial charge on any atom is -0.198 e. The van der Waals surface area contributed by atoms with Crippen LogP contribution in [0, 0.1) is 28.1 Å². The van der Waals surface area contributed by atoms with Gasteiger partial charge in [-0.2, -0.15) is 5.26 Å². The van der Waals surface area contributed by atoms with Crippen LogP contribution in [0.3, 0.4) is 0 Å². The summed E-state index contributed by atoms with van der Waals surface area (Å²) in [6, 6.07) is 2.61. The first-order valence-electron chi connectivity index (χ1n) is 5.87. The molecule has 0 aromatic heterocycles. The van der Waals surface area contributed by atoms with Gasteiger partial charge in [-0.3, -0.25) is 0 Å². The van der Waals surface area contributed by atoms with E-state index in [2.05, 4.69) is 33.8 Å². The van der Waals surface area contributed by atoms with Gasteiger partial charge in [-0.25, -0.2) is 0 Å². The van der Waals surface area contributed by atoms with Crippen LogP contribution in [-0.4, -0.2) is 0 Å². The van der Waals surface area contributed by atoms with Crippen molar-refractivity contribution in [2.45, 2.75) is 59.8 Å². The maximum Gasteiger partial charge on any atom is 0.0692 e. The van der Waals surface area contributed by atoms with E-state index in [1.807, 2.05) is 0 Å². The van der Waals surface area contributed by atoms with Gasteiger partial charge in [0.25, 0.3) is 0 Å². The third-order valence-electron chi connectivity index (χ3n) is 4.27. The predicted octanol–water partition coefficient (Wildman–Crippen LogP) is 4.14. The lowest BCUT2D eigenvalue weighted by molar-refractivity contribution is 0.0980. The third-order valence-corrected chi connectivity index (χ3v) is 4.27. The molecule has 0 N–H and O–H groups in total. The minimum absolute atomic E-state index is 0.00965. The van der Waals surface area contributed by atoms with Crippen molar-refractivity contribution < 1.29 is 0 Å². The van der Waals surface area contributed by atoms with E-state index in [-0.39, 0.29) is 5.41 Å². The normalized spacial score (nSPS) is 26.5. The van der Waals surface area contributed by atoms with Crippen LogP contribution in [0.25, 0.3) is 0 Å². The first-order valence-corrected chi connectivity index (χ1v) is 5.87. The molecule has 1 heteroatoms. The molecule has 1 fully saturated rings. The van der Waals surface area contributed by atoms with Crippen molar-refractivity contribution in [3.05, 3.63) is 0 Å². The van der Waals surface area contributed by atoms with E-state index in [9.17, 15) is 5.26 Å². The maximum atomic E-state index is 9.36.